The van der Waals surface area contributed by atoms with Crippen molar-refractivity contribution < 1.29 is 18.7 Å². The van der Waals surface area contributed by atoms with Gasteiger partial charge in [-0.2, -0.15) is 0 Å². The molecule has 1 amide bonds. The number of carbonyl (C=O) groups excluding carboxylic acids is 2. The molecule has 1 aromatic carbocycles. The molecule has 1 aliphatic heterocycles. The Bertz CT molecular complexity index is 1030. The first-order valence-corrected chi connectivity index (χ1v) is 10.6. The fraction of sp³-hybridized carbons (Fsp3) is 0.348. The van der Waals surface area contributed by atoms with Crippen molar-refractivity contribution in [3.63, 3.8) is 0 Å². The van der Waals surface area contributed by atoms with E-state index in [4.69, 9.17) is 9.15 Å². The molecule has 30 heavy (non-hydrogen) atoms. The topological polar surface area (TPSA) is 72.1 Å². The summed E-state index contributed by atoms with van der Waals surface area (Å²) < 4.78 is 10.8. The summed E-state index contributed by atoms with van der Waals surface area (Å²) >= 11 is 1.36. The molecule has 0 bridgehead atoms. The summed E-state index contributed by atoms with van der Waals surface area (Å²) in [5, 5.41) is 0.713. The molecule has 2 heterocycles. The zero-order valence-corrected chi connectivity index (χ0v) is 18.9. The number of furan rings is 1. The smallest absolute Gasteiger partial charge is 0.338 e. The minimum Gasteiger partial charge on any atom is -0.465 e. The van der Waals surface area contributed by atoms with Crippen LogP contribution in [0.5, 0.6) is 0 Å². The van der Waals surface area contributed by atoms with Crippen molar-refractivity contribution in [2.24, 2.45) is 4.99 Å². The second-order valence-electron chi connectivity index (χ2n) is 7.56. The van der Waals surface area contributed by atoms with E-state index in [1.54, 1.807) is 23.1 Å². The SMILES string of the molecule is COC(=O)c1cccc(-c2ccc(/C=C3/SC(=NC(C)C)N(C(C)C)C3=O)o2)c1C. The first-order valence-electron chi connectivity index (χ1n) is 9.82. The summed E-state index contributed by atoms with van der Waals surface area (Å²) in [5.41, 5.74) is 2.08. The highest BCUT2D eigenvalue weighted by Crippen LogP contribution is 2.35. The third kappa shape index (κ3) is 4.36. The number of ether oxygens (including phenoxy) is 1. The minimum absolute atomic E-state index is 0.0178. The van der Waals surface area contributed by atoms with E-state index in [1.165, 1.54) is 18.9 Å². The van der Waals surface area contributed by atoms with Crippen molar-refractivity contribution in [2.75, 3.05) is 7.11 Å². The lowest BCUT2D eigenvalue weighted by molar-refractivity contribution is -0.123. The Kier molecular flexibility index (Phi) is 6.51. The Morgan fingerprint density at radius 2 is 1.93 bits per heavy atom. The quantitative estimate of drug-likeness (QED) is 0.489. The predicted molar refractivity (Wildman–Crippen MR) is 120 cm³/mol. The van der Waals surface area contributed by atoms with Crippen LogP contribution in [0, 0.1) is 6.92 Å². The number of thioether (sulfide) groups is 1. The Balaban J connectivity index is 1.93. The zero-order valence-electron chi connectivity index (χ0n) is 18.1. The lowest BCUT2D eigenvalue weighted by Gasteiger charge is -2.20. The molecular formula is C23H26N2O4S. The fourth-order valence-corrected chi connectivity index (χ4v) is 4.40. The number of hydrogen-bond donors (Lipinski definition) is 0. The van der Waals surface area contributed by atoms with Crippen LogP contribution in [0.1, 0.15) is 49.4 Å². The van der Waals surface area contributed by atoms with Crippen LogP contribution in [0.3, 0.4) is 0 Å². The van der Waals surface area contributed by atoms with E-state index < -0.39 is 0 Å². The number of amidine groups is 1. The zero-order chi connectivity index (χ0) is 22.0. The third-order valence-corrected chi connectivity index (χ3v) is 5.62. The van der Waals surface area contributed by atoms with Gasteiger partial charge in [-0.15, -0.1) is 0 Å². The average Bonchev–Trinajstić information content (AvgIpc) is 3.26. The van der Waals surface area contributed by atoms with E-state index in [0.717, 1.165) is 11.1 Å². The number of carbonyl (C=O) groups is 2. The summed E-state index contributed by atoms with van der Waals surface area (Å²) in [6.45, 7) is 9.77. The van der Waals surface area contributed by atoms with Gasteiger partial charge in [-0.3, -0.25) is 14.7 Å². The number of benzene rings is 1. The van der Waals surface area contributed by atoms with Crippen LogP contribution >= 0.6 is 11.8 Å². The maximum absolute atomic E-state index is 12.9. The second kappa shape index (κ2) is 8.92. The molecule has 3 rings (SSSR count). The lowest BCUT2D eigenvalue weighted by Crippen LogP contribution is -2.35. The highest BCUT2D eigenvalue weighted by Gasteiger charge is 2.35. The molecule has 7 heteroatoms. The van der Waals surface area contributed by atoms with E-state index >= 15 is 0 Å². The molecule has 1 aliphatic rings. The van der Waals surface area contributed by atoms with E-state index in [-0.39, 0.29) is 24.0 Å². The van der Waals surface area contributed by atoms with E-state index in [2.05, 4.69) is 4.99 Å². The van der Waals surface area contributed by atoms with Gasteiger partial charge in [-0.05, 0) is 70.1 Å². The molecule has 0 spiro atoms. The maximum Gasteiger partial charge on any atom is 0.338 e. The van der Waals surface area contributed by atoms with Crippen LogP contribution in [0.25, 0.3) is 17.4 Å². The minimum atomic E-state index is -0.387. The first kappa shape index (κ1) is 21.9. The van der Waals surface area contributed by atoms with E-state index in [1.807, 2.05) is 52.8 Å². The van der Waals surface area contributed by atoms with Gasteiger partial charge in [-0.25, -0.2) is 4.79 Å². The highest BCUT2D eigenvalue weighted by atomic mass is 32.2. The first-order chi connectivity index (χ1) is 14.2. The summed E-state index contributed by atoms with van der Waals surface area (Å²) in [7, 11) is 1.36. The van der Waals surface area contributed by atoms with Crippen LogP contribution in [0.15, 0.2) is 44.6 Å². The fourth-order valence-electron chi connectivity index (χ4n) is 3.19. The van der Waals surface area contributed by atoms with E-state index in [9.17, 15) is 9.59 Å². The summed E-state index contributed by atoms with van der Waals surface area (Å²) in [4.78, 5) is 31.7. The number of rotatable bonds is 5. The molecule has 1 fully saturated rings. The van der Waals surface area contributed by atoms with Gasteiger partial charge >= 0.3 is 5.97 Å². The van der Waals surface area contributed by atoms with E-state index in [0.29, 0.717) is 27.2 Å². The lowest BCUT2D eigenvalue weighted by atomic mass is 10.0. The summed E-state index contributed by atoms with van der Waals surface area (Å²) in [5.74, 6) is 0.730. The molecule has 0 unspecified atom stereocenters. The number of esters is 1. The third-order valence-electron chi connectivity index (χ3n) is 4.63. The van der Waals surface area contributed by atoms with Gasteiger partial charge in [0.2, 0.25) is 0 Å². The molecule has 0 radical (unpaired) electrons. The van der Waals surface area contributed by atoms with Crippen LogP contribution in [0.2, 0.25) is 0 Å². The van der Waals surface area contributed by atoms with Crippen molar-refractivity contribution in [1.29, 1.82) is 0 Å². The standard InChI is InChI=1S/C23H26N2O4S/c1-13(2)24-23-25(14(3)4)21(26)20(30-23)12-16-10-11-19(29-16)17-8-7-9-18(15(17)5)22(27)28-6/h7-14H,1-6H3/b20-12+,24-23?. The number of aliphatic imine (C=N–C) groups is 1. The molecule has 158 valence electrons. The maximum atomic E-state index is 12.9. The molecule has 0 N–H and O–H groups in total. The summed E-state index contributed by atoms with van der Waals surface area (Å²) in [6, 6.07) is 9.17. The Morgan fingerprint density at radius 1 is 1.20 bits per heavy atom. The van der Waals surface area contributed by atoms with Crippen molar-refractivity contribution >= 4 is 34.9 Å². The van der Waals surface area contributed by atoms with Crippen LogP contribution in [-0.4, -0.2) is 41.1 Å². The van der Waals surface area contributed by atoms with Gasteiger partial charge in [0.15, 0.2) is 5.17 Å². The largest absolute Gasteiger partial charge is 0.465 e. The molecule has 1 aromatic heterocycles. The van der Waals surface area contributed by atoms with Gasteiger partial charge in [0, 0.05) is 23.7 Å². The number of hydrogen-bond acceptors (Lipinski definition) is 6. The Labute approximate surface area is 181 Å². The molecule has 1 saturated heterocycles. The number of methoxy groups -OCH3 is 1. The molecular weight excluding hydrogens is 400 g/mol. The van der Waals surface area contributed by atoms with Gasteiger partial charge in [-0.1, -0.05) is 12.1 Å². The van der Waals surface area contributed by atoms with Gasteiger partial charge in [0.25, 0.3) is 5.91 Å². The van der Waals surface area contributed by atoms with Crippen LogP contribution < -0.4 is 0 Å². The number of nitrogens with zero attached hydrogens (tertiary/aromatic N) is 2. The van der Waals surface area contributed by atoms with Gasteiger partial charge in [0.05, 0.1) is 17.6 Å². The summed E-state index contributed by atoms with van der Waals surface area (Å²) in [6.07, 6.45) is 1.74. The predicted octanol–water partition coefficient (Wildman–Crippen LogP) is 5.13. The molecule has 2 aromatic rings. The normalized spacial score (nSPS) is 17.1. The van der Waals surface area contributed by atoms with Crippen molar-refractivity contribution in [3.8, 4) is 11.3 Å². The van der Waals surface area contributed by atoms with Crippen molar-refractivity contribution in [2.45, 2.75) is 46.7 Å². The van der Waals surface area contributed by atoms with Crippen molar-refractivity contribution in [3.05, 3.63) is 52.1 Å². The van der Waals surface area contributed by atoms with Gasteiger partial charge in [0.1, 0.15) is 11.5 Å². The average molecular weight is 427 g/mol. The molecule has 0 saturated carbocycles. The van der Waals surface area contributed by atoms with Gasteiger partial charge < -0.3 is 9.15 Å². The Morgan fingerprint density at radius 3 is 2.57 bits per heavy atom. The van der Waals surface area contributed by atoms with Crippen LogP contribution in [0.4, 0.5) is 0 Å². The Hall–Kier alpha value is -2.80. The van der Waals surface area contributed by atoms with Crippen LogP contribution in [-0.2, 0) is 9.53 Å². The monoisotopic (exact) mass is 426 g/mol. The number of amides is 1. The highest BCUT2D eigenvalue weighted by molar-refractivity contribution is 8.18. The van der Waals surface area contributed by atoms with Crippen molar-refractivity contribution in [1.82, 2.24) is 4.90 Å². The molecule has 0 aliphatic carbocycles. The molecule has 0 atom stereocenters. The second-order valence-corrected chi connectivity index (χ2v) is 8.57. The molecule has 6 nitrogen and oxygen atoms in total.